The van der Waals surface area contributed by atoms with Crippen molar-refractivity contribution in [3.05, 3.63) is 0 Å². The van der Waals surface area contributed by atoms with Gasteiger partial charge in [0, 0.05) is 13.1 Å². The van der Waals surface area contributed by atoms with Crippen LogP contribution in [0.25, 0.3) is 0 Å². The second-order valence-electron chi connectivity index (χ2n) is 2.02. The van der Waals surface area contributed by atoms with Gasteiger partial charge in [-0.05, 0) is 6.92 Å². The molecule has 1 heterocycles. The monoisotopic (exact) mass is 125 g/mol. The molecule has 0 aromatic carbocycles. The molecule has 0 saturated carbocycles. The standard InChI is InChI=1S/C7H11NO/c1-2-3-4-9-7-5-8-6-7/h7-8H,4-6H2,1H3. The van der Waals surface area contributed by atoms with E-state index in [1.54, 1.807) is 0 Å². The minimum atomic E-state index is 0.422. The molecule has 2 nitrogen and oxygen atoms in total. The zero-order chi connectivity index (χ0) is 6.53. The molecule has 1 saturated heterocycles. The molecule has 1 aliphatic heterocycles. The molecule has 0 aliphatic carbocycles. The van der Waals surface area contributed by atoms with Crippen LogP contribution in [0.1, 0.15) is 6.92 Å². The minimum Gasteiger partial charge on any atom is -0.363 e. The van der Waals surface area contributed by atoms with Crippen LogP contribution in [0.5, 0.6) is 0 Å². The van der Waals surface area contributed by atoms with E-state index in [9.17, 15) is 0 Å². The third kappa shape index (κ3) is 2.05. The van der Waals surface area contributed by atoms with Gasteiger partial charge in [-0.25, -0.2) is 0 Å². The summed E-state index contributed by atoms with van der Waals surface area (Å²) in [5.41, 5.74) is 0. The van der Waals surface area contributed by atoms with Crippen molar-refractivity contribution in [1.29, 1.82) is 0 Å². The Hall–Kier alpha value is -0.520. The molecular formula is C7H11NO. The van der Waals surface area contributed by atoms with E-state index in [0.29, 0.717) is 12.7 Å². The molecule has 0 spiro atoms. The molecule has 1 aliphatic rings. The lowest BCUT2D eigenvalue weighted by molar-refractivity contribution is 0.0394. The summed E-state index contributed by atoms with van der Waals surface area (Å²) in [5, 5.41) is 3.11. The van der Waals surface area contributed by atoms with Gasteiger partial charge in [0.25, 0.3) is 0 Å². The highest BCUT2D eigenvalue weighted by atomic mass is 16.5. The molecule has 0 amide bonds. The first-order chi connectivity index (χ1) is 4.43. The van der Waals surface area contributed by atoms with Crippen LogP contribution >= 0.6 is 0 Å². The van der Waals surface area contributed by atoms with Crippen molar-refractivity contribution in [3.63, 3.8) is 0 Å². The predicted octanol–water partition coefficient (Wildman–Crippen LogP) is -0.00190. The summed E-state index contributed by atoms with van der Waals surface area (Å²) >= 11 is 0. The van der Waals surface area contributed by atoms with Gasteiger partial charge in [0.1, 0.15) is 6.61 Å². The third-order valence-electron chi connectivity index (χ3n) is 1.31. The van der Waals surface area contributed by atoms with Gasteiger partial charge in [-0.15, -0.1) is 5.92 Å². The van der Waals surface area contributed by atoms with E-state index in [-0.39, 0.29) is 0 Å². The predicted molar refractivity (Wildman–Crippen MR) is 36.1 cm³/mol. The van der Waals surface area contributed by atoms with Gasteiger partial charge in [-0.2, -0.15) is 0 Å². The Labute approximate surface area is 55.6 Å². The van der Waals surface area contributed by atoms with E-state index in [1.807, 2.05) is 6.92 Å². The Kier molecular flexibility index (Phi) is 2.56. The van der Waals surface area contributed by atoms with Crippen molar-refractivity contribution in [2.75, 3.05) is 19.7 Å². The van der Waals surface area contributed by atoms with Gasteiger partial charge in [0.15, 0.2) is 0 Å². The van der Waals surface area contributed by atoms with E-state index < -0.39 is 0 Å². The molecule has 0 radical (unpaired) electrons. The van der Waals surface area contributed by atoms with Gasteiger partial charge in [-0.1, -0.05) is 5.92 Å². The van der Waals surface area contributed by atoms with Gasteiger partial charge in [0.05, 0.1) is 6.10 Å². The molecule has 1 rings (SSSR count). The maximum Gasteiger partial charge on any atom is 0.108 e. The van der Waals surface area contributed by atoms with Crippen molar-refractivity contribution in [1.82, 2.24) is 5.32 Å². The Morgan fingerprint density at radius 1 is 1.67 bits per heavy atom. The molecule has 1 fully saturated rings. The van der Waals surface area contributed by atoms with Crippen LogP contribution < -0.4 is 5.32 Å². The Balaban J connectivity index is 1.95. The highest BCUT2D eigenvalue weighted by molar-refractivity contribution is 4.95. The zero-order valence-electron chi connectivity index (χ0n) is 5.61. The van der Waals surface area contributed by atoms with E-state index in [2.05, 4.69) is 17.2 Å². The summed E-state index contributed by atoms with van der Waals surface area (Å²) in [6.45, 7) is 4.39. The van der Waals surface area contributed by atoms with Crippen molar-refractivity contribution in [2.45, 2.75) is 13.0 Å². The maximum absolute atomic E-state index is 5.28. The van der Waals surface area contributed by atoms with Gasteiger partial charge < -0.3 is 10.1 Å². The van der Waals surface area contributed by atoms with Crippen molar-refractivity contribution < 1.29 is 4.74 Å². The molecule has 9 heavy (non-hydrogen) atoms. The summed E-state index contributed by atoms with van der Waals surface area (Å²) in [5.74, 6) is 5.62. The topological polar surface area (TPSA) is 21.3 Å². The lowest BCUT2D eigenvalue weighted by atomic mass is 10.2. The molecule has 0 atom stereocenters. The summed E-state index contributed by atoms with van der Waals surface area (Å²) in [6.07, 6.45) is 0.422. The third-order valence-corrected chi connectivity index (χ3v) is 1.31. The average molecular weight is 125 g/mol. The fourth-order valence-corrected chi connectivity index (χ4v) is 0.612. The number of ether oxygens (including phenoxy) is 1. The number of rotatable bonds is 2. The maximum atomic E-state index is 5.28. The normalized spacial score (nSPS) is 17.9. The van der Waals surface area contributed by atoms with Gasteiger partial charge in [0.2, 0.25) is 0 Å². The van der Waals surface area contributed by atoms with Crippen LogP contribution in [0.2, 0.25) is 0 Å². The second kappa shape index (κ2) is 3.49. The molecule has 0 aromatic heterocycles. The van der Waals surface area contributed by atoms with Gasteiger partial charge >= 0.3 is 0 Å². The quantitative estimate of drug-likeness (QED) is 0.524. The highest BCUT2D eigenvalue weighted by Crippen LogP contribution is 1.95. The molecular weight excluding hydrogens is 114 g/mol. The van der Waals surface area contributed by atoms with Crippen LogP contribution in [0, 0.1) is 11.8 Å². The average Bonchev–Trinajstić information content (AvgIpc) is 1.76. The number of hydrogen-bond donors (Lipinski definition) is 1. The Morgan fingerprint density at radius 3 is 2.89 bits per heavy atom. The van der Waals surface area contributed by atoms with Crippen LogP contribution in [0.15, 0.2) is 0 Å². The Morgan fingerprint density at radius 2 is 2.44 bits per heavy atom. The van der Waals surface area contributed by atoms with E-state index in [1.165, 1.54) is 0 Å². The summed E-state index contributed by atoms with van der Waals surface area (Å²) in [6, 6.07) is 0. The van der Waals surface area contributed by atoms with Crippen LogP contribution in [-0.2, 0) is 4.74 Å². The molecule has 1 N–H and O–H groups in total. The summed E-state index contributed by atoms with van der Waals surface area (Å²) in [7, 11) is 0. The second-order valence-corrected chi connectivity index (χ2v) is 2.02. The molecule has 0 aromatic rings. The molecule has 0 bridgehead atoms. The first-order valence-corrected chi connectivity index (χ1v) is 3.15. The van der Waals surface area contributed by atoms with E-state index in [4.69, 9.17) is 4.74 Å². The van der Waals surface area contributed by atoms with Crippen molar-refractivity contribution in [3.8, 4) is 11.8 Å². The van der Waals surface area contributed by atoms with E-state index >= 15 is 0 Å². The summed E-state index contributed by atoms with van der Waals surface area (Å²) < 4.78 is 5.28. The molecule has 2 heteroatoms. The Bertz CT molecular complexity index is 130. The first-order valence-electron chi connectivity index (χ1n) is 3.15. The number of hydrogen-bond acceptors (Lipinski definition) is 2. The zero-order valence-corrected chi connectivity index (χ0v) is 5.61. The molecule has 50 valence electrons. The van der Waals surface area contributed by atoms with Crippen LogP contribution in [0.4, 0.5) is 0 Å². The van der Waals surface area contributed by atoms with Crippen molar-refractivity contribution >= 4 is 0 Å². The van der Waals surface area contributed by atoms with Gasteiger partial charge in [-0.3, -0.25) is 0 Å². The number of nitrogens with one attached hydrogen (secondary N) is 1. The van der Waals surface area contributed by atoms with Crippen LogP contribution in [0.3, 0.4) is 0 Å². The van der Waals surface area contributed by atoms with Crippen molar-refractivity contribution in [2.24, 2.45) is 0 Å². The lowest BCUT2D eigenvalue weighted by Gasteiger charge is -2.25. The van der Waals surface area contributed by atoms with E-state index in [0.717, 1.165) is 13.1 Å². The fraction of sp³-hybridized carbons (Fsp3) is 0.714. The molecule has 0 unspecified atom stereocenters. The minimum absolute atomic E-state index is 0.422. The largest absolute Gasteiger partial charge is 0.363 e. The smallest absolute Gasteiger partial charge is 0.108 e. The fourth-order valence-electron chi connectivity index (χ4n) is 0.612. The lowest BCUT2D eigenvalue weighted by Crippen LogP contribution is -2.48. The van der Waals surface area contributed by atoms with Crippen LogP contribution in [-0.4, -0.2) is 25.8 Å². The highest BCUT2D eigenvalue weighted by Gasteiger charge is 2.15. The first kappa shape index (κ1) is 6.60. The SMILES string of the molecule is CC#CCOC1CNC1. The summed E-state index contributed by atoms with van der Waals surface area (Å²) in [4.78, 5) is 0.